The summed E-state index contributed by atoms with van der Waals surface area (Å²) in [5.74, 6) is -0.538. The van der Waals surface area contributed by atoms with Gasteiger partial charge >= 0.3 is 0 Å². The van der Waals surface area contributed by atoms with Gasteiger partial charge in [-0.05, 0) is 42.1 Å². The van der Waals surface area contributed by atoms with Crippen LogP contribution in [0.25, 0.3) is 10.6 Å². The van der Waals surface area contributed by atoms with Crippen LogP contribution in [-0.4, -0.2) is 54.7 Å². The molecule has 0 bridgehead atoms. The van der Waals surface area contributed by atoms with Crippen molar-refractivity contribution in [2.45, 2.75) is 17.7 Å². The van der Waals surface area contributed by atoms with Crippen LogP contribution in [0.5, 0.6) is 0 Å². The minimum atomic E-state index is -3.71. The summed E-state index contributed by atoms with van der Waals surface area (Å²) in [7, 11) is -3.71. The minimum Gasteiger partial charge on any atom is -0.341 e. The van der Waals surface area contributed by atoms with Gasteiger partial charge in [-0.2, -0.15) is 15.6 Å². The summed E-state index contributed by atoms with van der Waals surface area (Å²) in [6.07, 6.45) is 0.745. The van der Waals surface area contributed by atoms with Gasteiger partial charge in [-0.1, -0.05) is 0 Å². The third kappa shape index (κ3) is 4.61. The fourth-order valence-electron chi connectivity index (χ4n) is 3.31. The monoisotopic (exact) mass is 465 g/mol. The van der Waals surface area contributed by atoms with E-state index in [1.54, 1.807) is 16.2 Å². The first-order valence-electron chi connectivity index (χ1n) is 9.44. The summed E-state index contributed by atoms with van der Waals surface area (Å²) < 4.78 is 40.1. The lowest BCUT2D eigenvalue weighted by atomic mass is 10.3. The lowest BCUT2D eigenvalue weighted by Crippen LogP contribution is -2.38. The Kier molecular flexibility index (Phi) is 6.28. The first-order valence-corrected chi connectivity index (χ1v) is 12.7. The predicted molar refractivity (Wildman–Crippen MR) is 115 cm³/mol. The van der Waals surface area contributed by atoms with E-state index in [4.69, 9.17) is 0 Å². The Morgan fingerprint density at radius 1 is 1.07 bits per heavy atom. The van der Waals surface area contributed by atoms with Crippen LogP contribution in [0.4, 0.5) is 4.39 Å². The molecule has 1 amide bonds. The number of nitrogens with zero attached hydrogens (tertiary/aromatic N) is 3. The van der Waals surface area contributed by atoms with E-state index in [1.165, 1.54) is 27.8 Å². The van der Waals surface area contributed by atoms with Crippen molar-refractivity contribution >= 4 is 38.6 Å². The second kappa shape index (κ2) is 8.93. The average molecular weight is 466 g/mol. The van der Waals surface area contributed by atoms with E-state index < -0.39 is 15.8 Å². The molecule has 3 heterocycles. The first-order chi connectivity index (χ1) is 14.4. The van der Waals surface area contributed by atoms with Crippen molar-refractivity contribution in [1.29, 1.82) is 0 Å². The smallest absolute Gasteiger partial charge is 0.243 e. The molecular formula is C20H20FN3O3S3. The Labute approximate surface area is 182 Å². The number of amides is 1. The number of carbonyl (C=O) groups excluding carboxylic acids is 1. The van der Waals surface area contributed by atoms with Crippen molar-refractivity contribution in [3.63, 3.8) is 0 Å². The fraction of sp³-hybridized carbons (Fsp3) is 0.300. The van der Waals surface area contributed by atoms with Gasteiger partial charge in [0, 0.05) is 42.5 Å². The molecule has 4 rings (SSSR count). The second-order valence-electron chi connectivity index (χ2n) is 6.93. The zero-order valence-corrected chi connectivity index (χ0v) is 18.5. The Hall–Kier alpha value is -2.14. The van der Waals surface area contributed by atoms with Crippen molar-refractivity contribution in [1.82, 2.24) is 14.2 Å². The molecule has 1 aliphatic heterocycles. The molecule has 10 heteroatoms. The number of rotatable bonds is 5. The van der Waals surface area contributed by atoms with Crippen LogP contribution in [0.1, 0.15) is 12.1 Å². The summed E-state index contributed by atoms with van der Waals surface area (Å²) in [5.41, 5.74) is 1.78. The van der Waals surface area contributed by atoms with E-state index in [-0.39, 0.29) is 23.8 Å². The van der Waals surface area contributed by atoms with Crippen LogP contribution in [0.15, 0.2) is 51.4 Å². The zero-order valence-electron chi connectivity index (χ0n) is 16.0. The van der Waals surface area contributed by atoms with Crippen molar-refractivity contribution in [3.8, 4) is 10.6 Å². The van der Waals surface area contributed by atoms with Gasteiger partial charge in [-0.3, -0.25) is 4.79 Å². The Balaban J connectivity index is 1.39. The fourth-order valence-corrected chi connectivity index (χ4v) is 6.31. The van der Waals surface area contributed by atoms with Crippen LogP contribution in [0.2, 0.25) is 0 Å². The number of carbonyl (C=O) groups is 1. The third-order valence-corrected chi connectivity index (χ3v) is 8.45. The van der Waals surface area contributed by atoms with Crippen molar-refractivity contribution in [2.75, 3.05) is 26.2 Å². The van der Waals surface area contributed by atoms with Crippen molar-refractivity contribution in [2.24, 2.45) is 0 Å². The summed E-state index contributed by atoms with van der Waals surface area (Å²) in [6.45, 7) is 1.35. The maximum Gasteiger partial charge on any atom is 0.243 e. The maximum absolute atomic E-state index is 13.1. The molecule has 1 fully saturated rings. The van der Waals surface area contributed by atoms with Crippen LogP contribution < -0.4 is 0 Å². The van der Waals surface area contributed by atoms with Gasteiger partial charge in [0.25, 0.3) is 0 Å². The highest BCUT2D eigenvalue weighted by molar-refractivity contribution is 7.89. The highest BCUT2D eigenvalue weighted by Gasteiger charge is 2.28. The molecule has 1 aliphatic rings. The molecule has 1 saturated heterocycles. The van der Waals surface area contributed by atoms with Crippen molar-refractivity contribution < 1.29 is 17.6 Å². The normalized spacial score (nSPS) is 15.8. The van der Waals surface area contributed by atoms with Gasteiger partial charge in [-0.25, -0.2) is 17.8 Å². The molecule has 0 unspecified atom stereocenters. The molecular weight excluding hydrogens is 445 g/mol. The lowest BCUT2D eigenvalue weighted by Gasteiger charge is -2.22. The molecule has 158 valence electrons. The van der Waals surface area contributed by atoms with Crippen LogP contribution in [0.3, 0.4) is 0 Å². The molecule has 30 heavy (non-hydrogen) atoms. The van der Waals surface area contributed by atoms with Gasteiger partial charge in [0.2, 0.25) is 15.9 Å². The highest BCUT2D eigenvalue weighted by atomic mass is 32.2. The second-order valence-corrected chi connectivity index (χ2v) is 10.5. The van der Waals surface area contributed by atoms with Gasteiger partial charge in [0.1, 0.15) is 10.8 Å². The summed E-state index contributed by atoms with van der Waals surface area (Å²) >= 11 is 3.12. The molecule has 0 spiro atoms. The number of halogens is 1. The number of hydrogen-bond donors (Lipinski definition) is 0. The van der Waals surface area contributed by atoms with Gasteiger partial charge in [0.05, 0.1) is 17.0 Å². The average Bonchev–Trinajstić information content (AvgIpc) is 3.35. The number of hydrogen-bond acceptors (Lipinski definition) is 6. The van der Waals surface area contributed by atoms with Crippen LogP contribution in [0, 0.1) is 5.82 Å². The van der Waals surface area contributed by atoms with Gasteiger partial charge in [0.15, 0.2) is 0 Å². The number of thiazole rings is 1. The summed E-state index contributed by atoms with van der Waals surface area (Å²) in [5, 5.41) is 6.81. The molecule has 3 aromatic rings. The number of thiophene rings is 1. The molecule has 6 nitrogen and oxygen atoms in total. The predicted octanol–water partition coefficient (Wildman–Crippen LogP) is 3.48. The zero-order chi connectivity index (χ0) is 21.1. The Bertz CT molecular complexity index is 1110. The molecule has 1 aromatic carbocycles. The van der Waals surface area contributed by atoms with Gasteiger partial charge in [-0.15, -0.1) is 11.3 Å². The molecule has 0 aliphatic carbocycles. The van der Waals surface area contributed by atoms with E-state index in [0.717, 1.165) is 28.4 Å². The molecule has 0 atom stereocenters. The van der Waals surface area contributed by atoms with E-state index >= 15 is 0 Å². The minimum absolute atomic E-state index is 0.0572. The Morgan fingerprint density at radius 2 is 1.87 bits per heavy atom. The largest absolute Gasteiger partial charge is 0.341 e. The third-order valence-electron chi connectivity index (χ3n) is 4.91. The van der Waals surface area contributed by atoms with E-state index in [9.17, 15) is 17.6 Å². The maximum atomic E-state index is 13.1. The number of aromatic nitrogens is 1. The molecule has 2 aromatic heterocycles. The Morgan fingerprint density at radius 3 is 2.60 bits per heavy atom. The molecule has 0 N–H and O–H groups in total. The van der Waals surface area contributed by atoms with E-state index in [1.807, 2.05) is 22.2 Å². The van der Waals surface area contributed by atoms with Crippen LogP contribution >= 0.6 is 22.7 Å². The standard InChI is InChI=1S/C20H20FN3O3S3/c21-16-2-4-18(5-3-16)30(26,27)24-8-1-7-23(9-10-24)19(25)12-17-14-29-20(22-17)15-6-11-28-13-15/h2-6,11,13-14H,1,7-10,12H2. The van der Waals surface area contributed by atoms with E-state index in [2.05, 4.69) is 4.98 Å². The van der Waals surface area contributed by atoms with Gasteiger partial charge < -0.3 is 4.90 Å². The van der Waals surface area contributed by atoms with Crippen molar-refractivity contribution in [3.05, 3.63) is 58.0 Å². The number of benzene rings is 1. The highest BCUT2D eigenvalue weighted by Crippen LogP contribution is 2.26. The van der Waals surface area contributed by atoms with Crippen LogP contribution in [-0.2, 0) is 21.2 Å². The lowest BCUT2D eigenvalue weighted by molar-refractivity contribution is -0.130. The quantitative estimate of drug-likeness (QED) is 0.579. The first kappa shape index (κ1) is 21.1. The SMILES string of the molecule is O=C(Cc1csc(-c2ccsc2)n1)N1CCCN(S(=O)(=O)c2ccc(F)cc2)CC1. The summed E-state index contributed by atoms with van der Waals surface area (Å²) in [4.78, 5) is 19.1. The van der Waals surface area contributed by atoms with E-state index in [0.29, 0.717) is 26.1 Å². The molecule has 0 saturated carbocycles. The topological polar surface area (TPSA) is 70.6 Å². The number of sulfonamides is 1. The summed E-state index contributed by atoms with van der Waals surface area (Å²) in [6, 6.07) is 6.81. The molecule has 0 radical (unpaired) electrons.